The summed E-state index contributed by atoms with van der Waals surface area (Å²) in [5, 5.41) is 0. The molecule has 0 aliphatic carbocycles. The van der Waals surface area contributed by atoms with E-state index in [1.807, 2.05) is 13.8 Å². The Morgan fingerprint density at radius 3 is 2.00 bits per heavy atom. The average molecular weight is 290 g/mol. The molecular formula is C13H31NO2Si2. The van der Waals surface area contributed by atoms with E-state index in [1.54, 1.807) is 0 Å². The van der Waals surface area contributed by atoms with E-state index >= 15 is 0 Å². The molecule has 0 aliphatic rings. The molecule has 5 heteroatoms. The Morgan fingerprint density at radius 2 is 1.61 bits per heavy atom. The first-order chi connectivity index (χ1) is 8.45. The van der Waals surface area contributed by atoms with Crippen LogP contribution in [0.4, 0.5) is 0 Å². The fourth-order valence-electron chi connectivity index (χ4n) is 1.93. The van der Waals surface area contributed by atoms with E-state index in [9.17, 15) is 0 Å². The van der Waals surface area contributed by atoms with Crippen molar-refractivity contribution in [2.24, 2.45) is 0 Å². The van der Waals surface area contributed by atoms with Crippen molar-refractivity contribution in [3.05, 3.63) is 0 Å². The van der Waals surface area contributed by atoms with Crippen LogP contribution in [-0.2, 0) is 9.47 Å². The van der Waals surface area contributed by atoms with Crippen LogP contribution in [0.25, 0.3) is 0 Å². The summed E-state index contributed by atoms with van der Waals surface area (Å²) in [4.78, 5) is 0. The predicted octanol–water partition coefficient (Wildman–Crippen LogP) is 3.01. The van der Waals surface area contributed by atoms with E-state index in [0.717, 1.165) is 22.7 Å². The average Bonchev–Trinajstić information content (AvgIpc) is 2.27. The van der Waals surface area contributed by atoms with Crippen LogP contribution in [0.2, 0.25) is 25.7 Å². The van der Waals surface area contributed by atoms with Crippen molar-refractivity contribution in [1.82, 2.24) is 4.57 Å². The monoisotopic (exact) mass is 289 g/mol. The van der Waals surface area contributed by atoms with E-state index < -0.39 is 8.24 Å². The maximum atomic E-state index is 5.57. The summed E-state index contributed by atoms with van der Waals surface area (Å²) >= 11 is 0. The molecule has 0 fully saturated rings. The highest BCUT2D eigenvalue weighted by Gasteiger charge is 2.21. The largest absolute Gasteiger partial charge is 0.357 e. The van der Waals surface area contributed by atoms with Gasteiger partial charge in [-0.05, 0) is 33.4 Å². The molecule has 2 radical (unpaired) electrons. The summed E-state index contributed by atoms with van der Waals surface area (Å²) in [6.45, 7) is 17.5. The minimum atomic E-state index is -1.12. The number of ether oxygens (including phenoxy) is 2. The van der Waals surface area contributed by atoms with Crippen molar-refractivity contribution < 1.29 is 9.47 Å². The molecule has 0 aromatic rings. The van der Waals surface area contributed by atoms with Gasteiger partial charge in [0.1, 0.15) is 23.7 Å². The summed E-state index contributed by atoms with van der Waals surface area (Å²) in [6, 6.07) is 1.21. The summed E-state index contributed by atoms with van der Waals surface area (Å²) in [5.41, 5.74) is 0. The Morgan fingerprint density at radius 1 is 1.06 bits per heavy atom. The number of rotatable bonds is 11. The number of nitrogens with zero attached hydrogens (tertiary/aromatic N) is 1. The van der Waals surface area contributed by atoms with Crippen LogP contribution in [0.15, 0.2) is 0 Å². The van der Waals surface area contributed by atoms with Gasteiger partial charge in [-0.3, -0.25) is 0 Å². The third-order valence-electron chi connectivity index (χ3n) is 2.88. The van der Waals surface area contributed by atoms with E-state index in [1.165, 1.54) is 25.6 Å². The molecule has 0 aliphatic heterocycles. The van der Waals surface area contributed by atoms with Crippen molar-refractivity contribution in [3.63, 3.8) is 0 Å². The van der Waals surface area contributed by atoms with Crippen LogP contribution in [0.3, 0.4) is 0 Å². The molecule has 0 saturated carbocycles. The van der Waals surface area contributed by atoms with Crippen LogP contribution < -0.4 is 0 Å². The van der Waals surface area contributed by atoms with Gasteiger partial charge in [-0.1, -0.05) is 32.6 Å². The molecule has 0 heterocycles. The smallest absolute Gasteiger partial charge is 0.137 e. The molecular weight excluding hydrogens is 258 g/mol. The van der Waals surface area contributed by atoms with Crippen LogP contribution in [0, 0.1) is 0 Å². The number of hydrogen-bond acceptors (Lipinski definition) is 3. The van der Waals surface area contributed by atoms with Crippen molar-refractivity contribution in [2.45, 2.75) is 58.8 Å². The highest BCUT2D eigenvalue weighted by atomic mass is 28.3. The first-order valence-corrected chi connectivity index (χ1v) is 11.9. The molecule has 108 valence electrons. The predicted molar refractivity (Wildman–Crippen MR) is 82.8 cm³/mol. The van der Waals surface area contributed by atoms with Crippen molar-refractivity contribution in [2.75, 3.05) is 26.3 Å². The molecule has 18 heavy (non-hydrogen) atoms. The lowest BCUT2D eigenvalue weighted by molar-refractivity contribution is -0.0827. The van der Waals surface area contributed by atoms with Gasteiger partial charge in [0, 0.05) is 13.2 Å². The van der Waals surface area contributed by atoms with Crippen molar-refractivity contribution in [3.8, 4) is 0 Å². The molecule has 3 nitrogen and oxygen atoms in total. The van der Waals surface area contributed by atoms with Gasteiger partial charge in [0.05, 0.1) is 0 Å². The maximum Gasteiger partial charge on any atom is 0.137 e. The normalized spacial score (nSPS) is 12.7. The van der Waals surface area contributed by atoms with E-state index in [4.69, 9.17) is 9.47 Å². The fourth-order valence-corrected chi connectivity index (χ4v) is 4.87. The van der Waals surface area contributed by atoms with Crippen LogP contribution >= 0.6 is 0 Å². The lowest BCUT2D eigenvalue weighted by Crippen LogP contribution is -2.46. The number of hydrogen-bond donors (Lipinski definition) is 0. The lowest BCUT2D eigenvalue weighted by Gasteiger charge is -2.33. The van der Waals surface area contributed by atoms with Gasteiger partial charge in [0.25, 0.3) is 0 Å². The molecule has 0 amide bonds. The molecule has 0 atom stereocenters. The SMILES string of the molecule is CCOC(OCC)[Si]CCCN(CC)[Si](C)(C)C. The van der Waals surface area contributed by atoms with Gasteiger partial charge >= 0.3 is 0 Å². The molecule has 0 N–H and O–H groups in total. The first-order valence-electron chi connectivity index (χ1n) is 7.17. The second kappa shape index (κ2) is 10.1. The van der Waals surface area contributed by atoms with Crippen LogP contribution in [-0.4, -0.2) is 54.5 Å². The third-order valence-corrected chi connectivity index (χ3v) is 6.63. The zero-order valence-electron chi connectivity index (χ0n) is 13.1. The Hall–Kier alpha value is 0.314. The van der Waals surface area contributed by atoms with E-state index in [2.05, 4.69) is 31.1 Å². The molecule has 0 rings (SSSR count). The van der Waals surface area contributed by atoms with Gasteiger partial charge < -0.3 is 14.0 Å². The van der Waals surface area contributed by atoms with Crippen molar-refractivity contribution >= 4 is 17.8 Å². The maximum absolute atomic E-state index is 5.57. The Balaban J connectivity index is 3.81. The van der Waals surface area contributed by atoms with Gasteiger partial charge in [-0.25, -0.2) is 0 Å². The third kappa shape index (κ3) is 8.42. The summed E-state index contributed by atoms with van der Waals surface area (Å²) in [5.74, 6) is 0.0296. The summed E-state index contributed by atoms with van der Waals surface area (Å²) in [7, 11) is -0.355. The molecule has 0 aromatic carbocycles. The van der Waals surface area contributed by atoms with Gasteiger partial charge in [-0.15, -0.1) is 0 Å². The summed E-state index contributed by atoms with van der Waals surface area (Å²) in [6.07, 6.45) is 1.26. The highest BCUT2D eigenvalue weighted by Crippen LogP contribution is 2.10. The quantitative estimate of drug-likeness (QED) is 0.331. The molecule has 0 unspecified atom stereocenters. The van der Waals surface area contributed by atoms with E-state index in [0.29, 0.717) is 0 Å². The van der Waals surface area contributed by atoms with Crippen LogP contribution in [0.1, 0.15) is 27.2 Å². The summed E-state index contributed by atoms with van der Waals surface area (Å²) < 4.78 is 13.8. The van der Waals surface area contributed by atoms with Gasteiger partial charge in [-0.2, -0.15) is 0 Å². The first kappa shape index (κ1) is 18.3. The Bertz CT molecular complexity index is 192. The van der Waals surface area contributed by atoms with Crippen molar-refractivity contribution in [1.29, 1.82) is 0 Å². The minimum absolute atomic E-state index is 0.0296. The fraction of sp³-hybridized carbons (Fsp3) is 1.00. The molecule has 0 aromatic heterocycles. The second-order valence-corrected chi connectivity index (χ2v) is 11.7. The van der Waals surface area contributed by atoms with Gasteiger partial charge in [0.2, 0.25) is 0 Å². The van der Waals surface area contributed by atoms with Crippen LogP contribution in [0.5, 0.6) is 0 Å². The zero-order valence-corrected chi connectivity index (χ0v) is 15.1. The molecule has 0 bridgehead atoms. The lowest BCUT2D eigenvalue weighted by atomic mass is 10.5. The topological polar surface area (TPSA) is 21.7 Å². The Kier molecular flexibility index (Phi) is 10.3. The van der Waals surface area contributed by atoms with E-state index in [-0.39, 0.29) is 5.91 Å². The second-order valence-electron chi connectivity index (χ2n) is 5.30. The zero-order chi connectivity index (χ0) is 14.0. The van der Waals surface area contributed by atoms with Gasteiger partial charge in [0.15, 0.2) is 0 Å². The molecule has 0 saturated heterocycles. The minimum Gasteiger partial charge on any atom is -0.357 e. The molecule has 0 spiro atoms. The Labute approximate surface area is 117 Å². The standard InChI is InChI=1S/C13H31NO2Si2/c1-7-14(18(4,5)6)11-10-12-17-13(15-8-2)16-9-3/h13H,7-12H2,1-6H3. The highest BCUT2D eigenvalue weighted by molar-refractivity contribution is 6.73.